The second kappa shape index (κ2) is 17.0. The Labute approximate surface area is 302 Å². The zero-order valence-corrected chi connectivity index (χ0v) is 30.7. The third-order valence-corrected chi connectivity index (χ3v) is 9.79. The molecule has 1 atom stereocenters. The summed E-state index contributed by atoms with van der Waals surface area (Å²) >= 11 is 0. The molecule has 1 fully saturated rings. The van der Waals surface area contributed by atoms with Gasteiger partial charge in [-0.2, -0.15) is 0 Å². The van der Waals surface area contributed by atoms with Crippen LogP contribution < -0.4 is 0 Å². The molecule has 0 N–H and O–H groups in total. The van der Waals surface area contributed by atoms with E-state index in [4.69, 9.17) is 0 Å². The summed E-state index contributed by atoms with van der Waals surface area (Å²) in [6.45, 7) is 23.7. The highest BCUT2D eigenvalue weighted by Gasteiger charge is 2.32. The van der Waals surface area contributed by atoms with E-state index in [1.165, 1.54) is 74.1 Å². The predicted octanol–water partition coefficient (Wildman–Crippen LogP) is 14.2. The van der Waals surface area contributed by atoms with Crippen LogP contribution >= 0.6 is 0 Å². The standard InChI is InChI=1S/C43H44.C7H8/c1-8-12-18-36(31(7)33-25-26-33)41-28-35(24-23-29(41)5)30(6)27-32(11-4)37-21-15-22-40-42(34(16-9-2)17-10-3)38-19-13-14-20-39(38)43(37)40;1-7-5-3-2-4-6-7/h9-24,27-28,33,42H,2,4,6,8,25-26H2,1,3,5,7H3;2-6H,1H3/b17-10-,18-12-,32-27+,34-16+,36-31-;. The monoisotopic (exact) mass is 652 g/mol. The molecule has 252 valence electrons. The van der Waals surface area contributed by atoms with E-state index in [0.717, 1.165) is 29.0 Å². The van der Waals surface area contributed by atoms with E-state index in [0.29, 0.717) is 0 Å². The number of hydrogen-bond acceptors (Lipinski definition) is 0. The van der Waals surface area contributed by atoms with Gasteiger partial charge in [-0.1, -0.05) is 165 Å². The smallest absolute Gasteiger partial charge is 0.0352 e. The molecule has 0 nitrogen and oxygen atoms in total. The first-order valence-corrected chi connectivity index (χ1v) is 18.0. The predicted molar refractivity (Wildman–Crippen MR) is 221 cm³/mol. The highest BCUT2D eigenvalue weighted by atomic mass is 14.3. The summed E-state index contributed by atoms with van der Waals surface area (Å²) in [7, 11) is 0. The van der Waals surface area contributed by atoms with Gasteiger partial charge in [0.1, 0.15) is 0 Å². The number of fused-ring (bicyclic) bond motifs is 3. The van der Waals surface area contributed by atoms with Crippen molar-refractivity contribution in [1.82, 2.24) is 0 Å². The second-order valence-corrected chi connectivity index (χ2v) is 13.4. The minimum Gasteiger partial charge on any atom is -0.0991 e. The number of hydrogen-bond donors (Lipinski definition) is 0. The summed E-state index contributed by atoms with van der Waals surface area (Å²) in [5.74, 6) is 0.877. The van der Waals surface area contributed by atoms with Crippen LogP contribution in [0.1, 0.15) is 84.9 Å². The van der Waals surface area contributed by atoms with Crippen molar-refractivity contribution < 1.29 is 0 Å². The topological polar surface area (TPSA) is 0 Å². The average molecular weight is 653 g/mol. The normalized spacial score (nSPS) is 16.0. The molecular weight excluding hydrogens is 601 g/mol. The Morgan fingerprint density at radius 1 is 0.820 bits per heavy atom. The highest BCUT2D eigenvalue weighted by molar-refractivity contribution is 5.96. The molecule has 2 aliphatic carbocycles. The van der Waals surface area contributed by atoms with E-state index in [1.54, 1.807) is 0 Å². The molecule has 6 rings (SSSR count). The lowest BCUT2D eigenvalue weighted by Gasteiger charge is -2.17. The maximum atomic E-state index is 4.56. The van der Waals surface area contributed by atoms with E-state index < -0.39 is 0 Å². The number of allylic oxidation sites excluding steroid dienone is 13. The molecule has 0 aromatic heterocycles. The van der Waals surface area contributed by atoms with Crippen LogP contribution in [-0.4, -0.2) is 0 Å². The SMILES string of the molecule is C=C/C=C(\C=C/C)C1c2ccccc2-c2c(/C(C=C)=C/C(=C)c3ccc(C)c(C(/C=C\CC)=C(/C)C4CC4)c3)cccc21.Cc1ccccc1. The van der Waals surface area contributed by atoms with Gasteiger partial charge in [0.15, 0.2) is 0 Å². The Balaban J connectivity index is 0.000000619. The zero-order chi connectivity index (χ0) is 35.6. The molecule has 2 aliphatic rings. The van der Waals surface area contributed by atoms with Crippen LogP contribution in [0, 0.1) is 19.8 Å². The van der Waals surface area contributed by atoms with Gasteiger partial charge < -0.3 is 0 Å². The summed E-state index contributed by atoms with van der Waals surface area (Å²) in [4.78, 5) is 0. The second-order valence-electron chi connectivity index (χ2n) is 13.4. The summed E-state index contributed by atoms with van der Waals surface area (Å²) in [6.07, 6.45) is 20.8. The van der Waals surface area contributed by atoms with Crippen molar-refractivity contribution in [2.45, 2.75) is 59.8 Å². The summed E-state index contributed by atoms with van der Waals surface area (Å²) in [5, 5.41) is 0. The molecule has 0 bridgehead atoms. The summed E-state index contributed by atoms with van der Waals surface area (Å²) < 4.78 is 0. The van der Waals surface area contributed by atoms with Crippen LogP contribution in [0.25, 0.3) is 27.8 Å². The minimum absolute atomic E-state index is 0.158. The fraction of sp³-hybridized carbons (Fsp3) is 0.200. The minimum atomic E-state index is 0.158. The van der Waals surface area contributed by atoms with Crippen molar-refractivity contribution in [1.29, 1.82) is 0 Å². The molecule has 0 amide bonds. The van der Waals surface area contributed by atoms with E-state index in [-0.39, 0.29) is 5.92 Å². The van der Waals surface area contributed by atoms with Crippen LogP contribution in [0.3, 0.4) is 0 Å². The Kier molecular flexibility index (Phi) is 12.2. The molecule has 4 aromatic carbocycles. The number of aryl methyl sites for hydroxylation is 2. The highest BCUT2D eigenvalue weighted by Crippen LogP contribution is 2.51. The van der Waals surface area contributed by atoms with E-state index in [9.17, 15) is 0 Å². The summed E-state index contributed by atoms with van der Waals surface area (Å²) in [6, 6.07) is 32.5. The van der Waals surface area contributed by atoms with Crippen molar-refractivity contribution in [3.63, 3.8) is 0 Å². The first-order chi connectivity index (χ1) is 24.3. The van der Waals surface area contributed by atoms with Gasteiger partial charge in [-0.15, -0.1) is 0 Å². The third kappa shape index (κ3) is 8.15. The van der Waals surface area contributed by atoms with Gasteiger partial charge in [0, 0.05) is 5.92 Å². The van der Waals surface area contributed by atoms with Crippen LogP contribution in [0.5, 0.6) is 0 Å². The van der Waals surface area contributed by atoms with Crippen molar-refractivity contribution in [3.05, 3.63) is 209 Å². The fourth-order valence-corrected chi connectivity index (χ4v) is 7.00. The largest absolute Gasteiger partial charge is 0.0991 e. The third-order valence-electron chi connectivity index (χ3n) is 9.79. The lowest BCUT2D eigenvalue weighted by molar-refractivity contribution is 1.01. The van der Waals surface area contributed by atoms with Gasteiger partial charge in [0.2, 0.25) is 0 Å². The molecule has 0 spiro atoms. The van der Waals surface area contributed by atoms with Gasteiger partial charge in [-0.3, -0.25) is 0 Å². The van der Waals surface area contributed by atoms with Gasteiger partial charge in [0.05, 0.1) is 0 Å². The van der Waals surface area contributed by atoms with E-state index >= 15 is 0 Å². The molecule has 0 saturated heterocycles. The zero-order valence-electron chi connectivity index (χ0n) is 30.7. The molecule has 0 heteroatoms. The van der Waals surface area contributed by atoms with Crippen LogP contribution in [0.2, 0.25) is 0 Å². The molecule has 0 heterocycles. The average Bonchev–Trinajstić information content (AvgIpc) is 3.93. The molecular formula is C50H52. The Hall–Kier alpha value is -5.20. The van der Waals surface area contributed by atoms with Gasteiger partial charge >= 0.3 is 0 Å². The van der Waals surface area contributed by atoms with Gasteiger partial charge in [-0.05, 0) is 132 Å². The fourth-order valence-electron chi connectivity index (χ4n) is 7.00. The molecule has 4 aromatic rings. The Bertz CT molecular complexity index is 2010. The number of benzene rings is 4. The molecule has 0 aliphatic heterocycles. The molecule has 50 heavy (non-hydrogen) atoms. The van der Waals surface area contributed by atoms with Crippen LogP contribution in [0.15, 0.2) is 170 Å². The molecule has 0 radical (unpaired) electrons. The van der Waals surface area contributed by atoms with Crippen molar-refractivity contribution in [2.24, 2.45) is 5.92 Å². The first-order valence-electron chi connectivity index (χ1n) is 18.0. The number of rotatable bonds is 11. The Morgan fingerprint density at radius 2 is 1.54 bits per heavy atom. The van der Waals surface area contributed by atoms with Crippen molar-refractivity contribution in [3.8, 4) is 11.1 Å². The maximum Gasteiger partial charge on any atom is 0.0352 e. The molecule has 1 saturated carbocycles. The summed E-state index contributed by atoms with van der Waals surface area (Å²) in [5.41, 5.74) is 17.6. The van der Waals surface area contributed by atoms with Gasteiger partial charge in [-0.25, -0.2) is 0 Å². The maximum absolute atomic E-state index is 4.56. The van der Waals surface area contributed by atoms with Crippen LogP contribution in [-0.2, 0) is 0 Å². The Morgan fingerprint density at radius 3 is 2.18 bits per heavy atom. The van der Waals surface area contributed by atoms with Crippen molar-refractivity contribution in [2.75, 3.05) is 0 Å². The van der Waals surface area contributed by atoms with E-state index in [2.05, 4.69) is 164 Å². The quantitative estimate of drug-likeness (QED) is 0.141. The molecule has 1 unspecified atom stereocenters. The lowest BCUT2D eigenvalue weighted by atomic mass is 9.87. The lowest BCUT2D eigenvalue weighted by Crippen LogP contribution is -2.00. The van der Waals surface area contributed by atoms with E-state index in [1.807, 2.05) is 30.4 Å². The van der Waals surface area contributed by atoms with Gasteiger partial charge in [0.25, 0.3) is 0 Å². The first kappa shape index (κ1) is 36.1. The van der Waals surface area contributed by atoms with Crippen LogP contribution in [0.4, 0.5) is 0 Å². The van der Waals surface area contributed by atoms with Crippen molar-refractivity contribution >= 4 is 16.7 Å².